The molecule has 1 fully saturated rings. The lowest BCUT2D eigenvalue weighted by atomic mass is 9.89. The molecule has 8 nitrogen and oxygen atoms in total. The molecule has 5 atom stereocenters. The second kappa shape index (κ2) is 12.1. The van der Waals surface area contributed by atoms with Crippen LogP contribution in [0.3, 0.4) is 0 Å². The molecule has 1 saturated heterocycles. The van der Waals surface area contributed by atoms with Gasteiger partial charge in [-0.2, -0.15) is 0 Å². The van der Waals surface area contributed by atoms with Crippen LogP contribution in [0.15, 0.2) is 53.6 Å². The number of hydrogen-bond donors (Lipinski definition) is 0. The Kier molecular flexibility index (Phi) is 8.85. The molecule has 0 amide bonds. The van der Waals surface area contributed by atoms with Gasteiger partial charge in [-0.1, -0.05) is 42.1 Å². The van der Waals surface area contributed by atoms with Gasteiger partial charge in [-0.25, -0.2) is 17.9 Å². The molecule has 12 heteroatoms. The topological polar surface area (TPSA) is 92.5 Å². The van der Waals surface area contributed by atoms with E-state index in [0.29, 0.717) is 0 Å². The van der Waals surface area contributed by atoms with E-state index in [1.54, 1.807) is 0 Å². The first-order chi connectivity index (χ1) is 18.1. The molecule has 5 unspecified atom stereocenters. The Balaban J connectivity index is 1.72. The zero-order valence-corrected chi connectivity index (χ0v) is 21.7. The van der Waals surface area contributed by atoms with Gasteiger partial charge in [-0.05, 0) is 31.2 Å². The summed E-state index contributed by atoms with van der Waals surface area (Å²) in [4.78, 5) is 24.2. The van der Waals surface area contributed by atoms with Gasteiger partial charge in [0.1, 0.15) is 30.4 Å². The molecule has 202 valence electrons. The number of esters is 1. The summed E-state index contributed by atoms with van der Waals surface area (Å²) in [5.41, 5.74) is -0.539. The molecular weight excluding hydrogens is 523 g/mol. The van der Waals surface area contributed by atoms with Gasteiger partial charge in [-0.15, -0.1) is 5.10 Å². The minimum absolute atomic E-state index is 0.000223. The number of hydrogen-bond acceptors (Lipinski definition) is 8. The third-order valence-electron chi connectivity index (χ3n) is 6.06. The van der Waals surface area contributed by atoms with Crippen molar-refractivity contribution in [3.8, 4) is 11.3 Å². The van der Waals surface area contributed by atoms with E-state index in [9.17, 15) is 22.8 Å². The number of aromatic nitrogens is 3. The number of benzene rings is 2. The molecule has 0 saturated carbocycles. The van der Waals surface area contributed by atoms with Crippen LogP contribution < -0.4 is 0 Å². The van der Waals surface area contributed by atoms with Crippen molar-refractivity contribution in [2.75, 3.05) is 13.2 Å². The molecule has 1 aromatic heterocycles. The molecule has 2 heterocycles. The van der Waals surface area contributed by atoms with Crippen molar-refractivity contribution in [2.45, 2.75) is 49.4 Å². The summed E-state index contributed by atoms with van der Waals surface area (Å²) in [7, 11) is 0. The molecule has 0 bridgehead atoms. The van der Waals surface area contributed by atoms with E-state index in [-0.39, 0.29) is 36.2 Å². The molecule has 0 spiro atoms. The number of rotatable bonds is 9. The monoisotopic (exact) mass is 549 g/mol. The Labute approximate surface area is 221 Å². The molecule has 0 N–H and O–H groups in total. The molecule has 0 aliphatic carbocycles. The first-order valence-electron chi connectivity index (χ1n) is 11.8. The summed E-state index contributed by atoms with van der Waals surface area (Å²) >= 11 is 1.37. The molecule has 0 radical (unpaired) electrons. The quantitative estimate of drug-likeness (QED) is 0.283. The number of Topliss-reactive ketones (excluding diaryl/α,β-unsaturated/α-hetero) is 1. The summed E-state index contributed by atoms with van der Waals surface area (Å²) in [6.07, 6.45) is 0.176. The van der Waals surface area contributed by atoms with E-state index in [4.69, 9.17) is 14.2 Å². The maximum absolute atomic E-state index is 13.9. The van der Waals surface area contributed by atoms with Crippen LogP contribution in [0.25, 0.3) is 11.3 Å². The normalized spacial score (nSPS) is 23.3. The number of carbonyl (C=O) groups excluding carboxylic acids is 2. The fraction of sp³-hybridized carbons (Fsp3) is 0.385. The summed E-state index contributed by atoms with van der Waals surface area (Å²) in [6, 6.07) is 10.5. The van der Waals surface area contributed by atoms with Gasteiger partial charge < -0.3 is 14.2 Å². The molecule has 2 aromatic carbocycles. The minimum Gasteiger partial charge on any atom is -0.463 e. The standard InChI is InChI=1S/C26H26F3N3O5S/c1-14(33)12-36-25-24(32-11-21(30-31-32)17-9-19(27)23(29)20(28)10-17)15(2)22(13-35-16(3)34)37-26(25)38-18-7-5-4-6-8-18/h4-11,15,22,24-26H,12-13H2,1-3H3. The highest BCUT2D eigenvalue weighted by Gasteiger charge is 2.47. The number of halogens is 3. The highest BCUT2D eigenvalue weighted by molar-refractivity contribution is 7.99. The lowest BCUT2D eigenvalue weighted by Gasteiger charge is -2.45. The van der Waals surface area contributed by atoms with Crippen LogP contribution in [-0.2, 0) is 23.8 Å². The van der Waals surface area contributed by atoms with Crippen LogP contribution in [0, 0.1) is 23.4 Å². The van der Waals surface area contributed by atoms with Crippen molar-refractivity contribution in [3.63, 3.8) is 0 Å². The second-order valence-electron chi connectivity index (χ2n) is 8.94. The lowest BCUT2D eigenvalue weighted by molar-refractivity contribution is -0.178. The average Bonchev–Trinajstić information content (AvgIpc) is 3.36. The highest BCUT2D eigenvalue weighted by atomic mass is 32.2. The molecule has 38 heavy (non-hydrogen) atoms. The summed E-state index contributed by atoms with van der Waals surface area (Å²) in [5, 5.41) is 8.24. The van der Waals surface area contributed by atoms with E-state index in [1.165, 1.54) is 36.5 Å². The van der Waals surface area contributed by atoms with Crippen molar-refractivity contribution in [1.29, 1.82) is 0 Å². The molecule has 3 aromatic rings. The molecular formula is C26H26F3N3O5S. The number of ether oxygens (including phenoxy) is 3. The van der Waals surface area contributed by atoms with Gasteiger partial charge in [0.05, 0.1) is 18.3 Å². The van der Waals surface area contributed by atoms with Crippen LogP contribution in [0.2, 0.25) is 0 Å². The maximum Gasteiger partial charge on any atom is 0.302 e. The fourth-order valence-corrected chi connectivity index (χ4v) is 5.37. The van der Waals surface area contributed by atoms with Crippen molar-refractivity contribution >= 4 is 23.5 Å². The van der Waals surface area contributed by atoms with Gasteiger partial charge in [0, 0.05) is 23.3 Å². The van der Waals surface area contributed by atoms with E-state index in [0.717, 1.165) is 17.0 Å². The van der Waals surface area contributed by atoms with Gasteiger partial charge in [0.15, 0.2) is 23.2 Å². The zero-order chi connectivity index (χ0) is 27.4. The van der Waals surface area contributed by atoms with Crippen LogP contribution in [-0.4, -0.2) is 57.6 Å². The summed E-state index contributed by atoms with van der Waals surface area (Å²) in [5.74, 6) is -5.31. The van der Waals surface area contributed by atoms with Crippen LogP contribution >= 0.6 is 11.8 Å². The molecule has 4 rings (SSSR count). The summed E-state index contributed by atoms with van der Waals surface area (Å²) in [6.45, 7) is 4.33. The number of carbonyl (C=O) groups is 2. The van der Waals surface area contributed by atoms with E-state index in [2.05, 4.69) is 10.3 Å². The Bertz CT molecular complexity index is 1270. The van der Waals surface area contributed by atoms with Crippen LogP contribution in [0.4, 0.5) is 13.2 Å². The Morgan fingerprint density at radius 1 is 1.11 bits per heavy atom. The van der Waals surface area contributed by atoms with Gasteiger partial charge in [0.25, 0.3) is 0 Å². The van der Waals surface area contributed by atoms with E-state index in [1.807, 2.05) is 37.3 Å². The van der Waals surface area contributed by atoms with Crippen LogP contribution in [0.5, 0.6) is 0 Å². The Morgan fingerprint density at radius 2 is 1.79 bits per heavy atom. The fourth-order valence-electron chi connectivity index (χ4n) is 4.21. The van der Waals surface area contributed by atoms with Gasteiger partial charge in [0.2, 0.25) is 0 Å². The lowest BCUT2D eigenvalue weighted by Crippen LogP contribution is -2.52. The third kappa shape index (κ3) is 6.43. The van der Waals surface area contributed by atoms with Gasteiger partial charge in [-0.3, -0.25) is 9.59 Å². The third-order valence-corrected chi connectivity index (χ3v) is 7.22. The number of nitrogens with zero attached hydrogens (tertiary/aromatic N) is 3. The minimum atomic E-state index is -1.58. The zero-order valence-electron chi connectivity index (χ0n) is 20.8. The molecule has 1 aliphatic rings. The first kappa shape index (κ1) is 27.8. The number of ketones is 1. The maximum atomic E-state index is 13.9. The molecule has 1 aliphatic heterocycles. The predicted octanol–water partition coefficient (Wildman–Crippen LogP) is 4.59. The largest absolute Gasteiger partial charge is 0.463 e. The predicted molar refractivity (Wildman–Crippen MR) is 132 cm³/mol. The van der Waals surface area contributed by atoms with Gasteiger partial charge >= 0.3 is 5.97 Å². The number of thioether (sulfide) groups is 1. The SMILES string of the molecule is CC(=O)COC1C(Sc2ccccc2)OC(COC(C)=O)C(C)C1n1cc(-c2cc(F)c(F)c(F)c2)nn1. The van der Waals surface area contributed by atoms with Crippen molar-refractivity contribution in [2.24, 2.45) is 5.92 Å². The van der Waals surface area contributed by atoms with Crippen LogP contribution in [0.1, 0.15) is 26.8 Å². The second-order valence-corrected chi connectivity index (χ2v) is 10.1. The average molecular weight is 550 g/mol. The van der Waals surface area contributed by atoms with Crippen molar-refractivity contribution in [3.05, 3.63) is 66.1 Å². The Hall–Kier alpha value is -3.22. The summed E-state index contributed by atoms with van der Waals surface area (Å²) < 4.78 is 60.3. The van der Waals surface area contributed by atoms with E-state index >= 15 is 0 Å². The first-order valence-corrected chi connectivity index (χ1v) is 12.7. The Morgan fingerprint density at radius 3 is 2.42 bits per heavy atom. The van der Waals surface area contributed by atoms with Crippen molar-refractivity contribution in [1.82, 2.24) is 15.0 Å². The smallest absolute Gasteiger partial charge is 0.302 e. The highest BCUT2D eigenvalue weighted by Crippen LogP contribution is 2.42. The van der Waals surface area contributed by atoms with Crippen molar-refractivity contribution < 1.29 is 37.0 Å². The van der Waals surface area contributed by atoms with E-state index < -0.39 is 47.1 Å².